The zero-order chi connectivity index (χ0) is 11.3. The maximum Gasteiger partial charge on any atom is 0.122 e. The van der Waals surface area contributed by atoms with Gasteiger partial charge in [-0.1, -0.05) is 17.7 Å². The molecule has 4 N–H and O–H groups in total. The first-order valence-corrected chi connectivity index (χ1v) is 5.25. The minimum absolute atomic E-state index is 0.334. The Hall–Kier alpha value is -1.06. The van der Waals surface area contributed by atoms with E-state index in [9.17, 15) is 0 Å². The lowest BCUT2D eigenvalue weighted by molar-refractivity contribution is 0.404. The molecule has 0 aliphatic rings. The molecule has 0 amide bonds. The lowest BCUT2D eigenvalue weighted by atomic mass is 9.97. The smallest absolute Gasteiger partial charge is 0.122 e. The van der Waals surface area contributed by atoms with Gasteiger partial charge in [-0.2, -0.15) is 0 Å². The molecule has 0 aliphatic heterocycles. The van der Waals surface area contributed by atoms with Crippen molar-refractivity contribution in [2.45, 2.75) is 13.3 Å². The van der Waals surface area contributed by atoms with Crippen molar-refractivity contribution in [1.82, 2.24) is 0 Å². The van der Waals surface area contributed by atoms with Crippen LogP contribution < -0.4 is 16.2 Å². The van der Waals surface area contributed by atoms with Gasteiger partial charge in [0, 0.05) is 0 Å². The molecule has 1 rings (SSSR count). The van der Waals surface area contributed by atoms with E-state index in [1.165, 1.54) is 11.1 Å². The average molecular weight is 208 g/mol. The molecule has 0 saturated carbocycles. The highest BCUT2D eigenvalue weighted by molar-refractivity contribution is 5.37. The van der Waals surface area contributed by atoms with Crippen LogP contribution >= 0.6 is 0 Å². The molecule has 1 aromatic carbocycles. The van der Waals surface area contributed by atoms with E-state index in [2.05, 4.69) is 13.0 Å². The molecule has 0 spiro atoms. The number of ether oxygens (including phenoxy) is 1. The van der Waals surface area contributed by atoms with E-state index in [-0.39, 0.29) is 0 Å². The van der Waals surface area contributed by atoms with Crippen molar-refractivity contribution in [1.29, 1.82) is 0 Å². The summed E-state index contributed by atoms with van der Waals surface area (Å²) in [6, 6.07) is 6.17. The van der Waals surface area contributed by atoms with Crippen molar-refractivity contribution in [2.75, 3.05) is 20.2 Å². The molecule has 0 fully saturated rings. The molecule has 0 saturated heterocycles. The highest BCUT2D eigenvalue weighted by atomic mass is 16.5. The average Bonchev–Trinajstić information content (AvgIpc) is 2.26. The number of hydrogen-bond acceptors (Lipinski definition) is 3. The fourth-order valence-electron chi connectivity index (χ4n) is 1.64. The Kier molecular flexibility index (Phi) is 4.59. The van der Waals surface area contributed by atoms with Crippen molar-refractivity contribution in [2.24, 2.45) is 17.4 Å². The Morgan fingerprint density at radius 3 is 2.47 bits per heavy atom. The summed E-state index contributed by atoms with van der Waals surface area (Å²) >= 11 is 0. The number of benzene rings is 1. The summed E-state index contributed by atoms with van der Waals surface area (Å²) in [6.07, 6.45) is 0.887. The summed E-state index contributed by atoms with van der Waals surface area (Å²) in [6.45, 7) is 3.31. The highest BCUT2D eigenvalue weighted by Crippen LogP contribution is 2.22. The van der Waals surface area contributed by atoms with Crippen LogP contribution in [0, 0.1) is 12.8 Å². The maximum atomic E-state index is 5.64. The van der Waals surface area contributed by atoms with Crippen LogP contribution in [0.1, 0.15) is 11.1 Å². The Bertz CT molecular complexity index is 308. The van der Waals surface area contributed by atoms with Crippen molar-refractivity contribution in [3.8, 4) is 5.75 Å². The zero-order valence-electron chi connectivity index (χ0n) is 9.49. The van der Waals surface area contributed by atoms with Crippen LogP contribution in [0.2, 0.25) is 0 Å². The van der Waals surface area contributed by atoms with Gasteiger partial charge in [-0.05, 0) is 44.0 Å². The van der Waals surface area contributed by atoms with Gasteiger partial charge in [0.2, 0.25) is 0 Å². The van der Waals surface area contributed by atoms with Gasteiger partial charge in [0.1, 0.15) is 5.75 Å². The van der Waals surface area contributed by atoms with E-state index in [1.54, 1.807) is 7.11 Å². The molecule has 3 nitrogen and oxygen atoms in total. The number of aryl methyl sites for hydroxylation is 1. The second-order valence-electron chi connectivity index (χ2n) is 3.86. The maximum absolute atomic E-state index is 5.64. The third-order valence-corrected chi connectivity index (χ3v) is 2.61. The van der Waals surface area contributed by atoms with E-state index in [4.69, 9.17) is 16.2 Å². The molecule has 0 radical (unpaired) electrons. The predicted octanol–water partition coefficient (Wildman–Crippen LogP) is 1.08. The van der Waals surface area contributed by atoms with Crippen molar-refractivity contribution in [3.05, 3.63) is 29.3 Å². The summed E-state index contributed by atoms with van der Waals surface area (Å²) in [7, 11) is 1.69. The first-order chi connectivity index (χ1) is 7.21. The van der Waals surface area contributed by atoms with Gasteiger partial charge in [0.15, 0.2) is 0 Å². The SMILES string of the molecule is COc1ccc(C)cc1CC(CN)CN. The molecule has 3 heteroatoms. The Balaban J connectivity index is 2.86. The number of rotatable bonds is 5. The van der Waals surface area contributed by atoms with E-state index in [0.717, 1.165) is 12.2 Å². The highest BCUT2D eigenvalue weighted by Gasteiger charge is 2.09. The van der Waals surface area contributed by atoms with Crippen LogP contribution in [0.15, 0.2) is 18.2 Å². The molecule has 0 aromatic heterocycles. The van der Waals surface area contributed by atoms with Gasteiger partial charge in [-0.15, -0.1) is 0 Å². The first-order valence-electron chi connectivity index (χ1n) is 5.25. The lowest BCUT2D eigenvalue weighted by Crippen LogP contribution is -2.25. The Morgan fingerprint density at radius 2 is 1.93 bits per heavy atom. The molecule has 15 heavy (non-hydrogen) atoms. The van der Waals surface area contributed by atoms with Gasteiger partial charge in [0.25, 0.3) is 0 Å². The van der Waals surface area contributed by atoms with E-state index >= 15 is 0 Å². The molecule has 1 aromatic rings. The molecular weight excluding hydrogens is 188 g/mol. The number of nitrogens with two attached hydrogens (primary N) is 2. The topological polar surface area (TPSA) is 61.3 Å². The predicted molar refractivity (Wildman–Crippen MR) is 63.0 cm³/mol. The molecule has 0 bridgehead atoms. The van der Waals surface area contributed by atoms with Crippen molar-refractivity contribution < 1.29 is 4.74 Å². The van der Waals surface area contributed by atoms with Gasteiger partial charge in [-0.25, -0.2) is 0 Å². The summed E-state index contributed by atoms with van der Waals surface area (Å²) in [5, 5.41) is 0. The third-order valence-electron chi connectivity index (χ3n) is 2.61. The van der Waals surface area contributed by atoms with E-state index in [1.807, 2.05) is 12.1 Å². The fourth-order valence-corrected chi connectivity index (χ4v) is 1.64. The third kappa shape index (κ3) is 3.22. The van der Waals surface area contributed by atoms with E-state index < -0.39 is 0 Å². The first kappa shape index (κ1) is 12.0. The molecule has 84 valence electrons. The van der Waals surface area contributed by atoms with Crippen LogP contribution in [0.3, 0.4) is 0 Å². The Morgan fingerprint density at radius 1 is 1.27 bits per heavy atom. The van der Waals surface area contributed by atoms with Gasteiger partial charge in [-0.3, -0.25) is 0 Å². The normalized spacial score (nSPS) is 10.7. The quantitative estimate of drug-likeness (QED) is 0.761. The van der Waals surface area contributed by atoms with Crippen LogP contribution in [-0.2, 0) is 6.42 Å². The fraction of sp³-hybridized carbons (Fsp3) is 0.500. The minimum Gasteiger partial charge on any atom is -0.496 e. The molecule has 0 aliphatic carbocycles. The zero-order valence-corrected chi connectivity index (χ0v) is 9.49. The van der Waals surface area contributed by atoms with Crippen LogP contribution in [0.5, 0.6) is 5.75 Å². The second kappa shape index (κ2) is 5.73. The van der Waals surface area contributed by atoms with E-state index in [0.29, 0.717) is 19.0 Å². The van der Waals surface area contributed by atoms with Gasteiger partial charge < -0.3 is 16.2 Å². The molecular formula is C12H20N2O. The Labute approximate surface area is 91.4 Å². The summed E-state index contributed by atoms with van der Waals surface area (Å²) < 4.78 is 5.31. The summed E-state index contributed by atoms with van der Waals surface area (Å²) in [5.74, 6) is 1.26. The van der Waals surface area contributed by atoms with Crippen LogP contribution in [0.4, 0.5) is 0 Å². The molecule has 0 atom stereocenters. The summed E-state index contributed by atoms with van der Waals surface area (Å²) in [5.41, 5.74) is 13.7. The molecule has 0 unspecified atom stereocenters. The minimum atomic E-state index is 0.334. The van der Waals surface area contributed by atoms with Crippen LogP contribution in [0.25, 0.3) is 0 Å². The second-order valence-corrected chi connectivity index (χ2v) is 3.86. The number of hydrogen-bond donors (Lipinski definition) is 2. The van der Waals surface area contributed by atoms with Crippen molar-refractivity contribution >= 4 is 0 Å². The molecule has 0 heterocycles. The number of methoxy groups -OCH3 is 1. The van der Waals surface area contributed by atoms with Crippen molar-refractivity contribution in [3.63, 3.8) is 0 Å². The monoisotopic (exact) mass is 208 g/mol. The lowest BCUT2D eigenvalue weighted by Gasteiger charge is -2.15. The summed E-state index contributed by atoms with van der Waals surface area (Å²) in [4.78, 5) is 0. The largest absolute Gasteiger partial charge is 0.496 e. The standard InChI is InChI=1S/C12H20N2O/c1-9-3-4-12(15-2)11(5-9)6-10(7-13)8-14/h3-5,10H,6-8,13-14H2,1-2H3. The van der Waals surface area contributed by atoms with Gasteiger partial charge in [0.05, 0.1) is 7.11 Å². The van der Waals surface area contributed by atoms with Gasteiger partial charge >= 0.3 is 0 Å². The van der Waals surface area contributed by atoms with Crippen LogP contribution in [-0.4, -0.2) is 20.2 Å².